The smallest absolute Gasteiger partial charge is 0.0250 e. The summed E-state index contributed by atoms with van der Waals surface area (Å²) >= 11 is 3.90. The van der Waals surface area contributed by atoms with Crippen LogP contribution < -0.4 is 11.3 Å². The van der Waals surface area contributed by atoms with Crippen molar-refractivity contribution in [2.45, 2.75) is 25.3 Å². The number of nitrogens with two attached hydrogens (primary N) is 1. The number of hydrogen-bond acceptors (Lipinski definition) is 4. The molecule has 1 aliphatic heterocycles. The monoisotopic (exact) mass is 242 g/mol. The highest BCUT2D eigenvalue weighted by molar-refractivity contribution is 7.99. The predicted octanol–water partition coefficient (Wildman–Crippen LogP) is 2.27. The van der Waals surface area contributed by atoms with Gasteiger partial charge in [0.05, 0.1) is 0 Å². The lowest BCUT2D eigenvalue weighted by molar-refractivity contribution is 0.368. The van der Waals surface area contributed by atoms with Gasteiger partial charge in [-0.15, -0.1) is 11.3 Å². The first-order chi connectivity index (χ1) is 7.40. The number of nitrogens with one attached hydrogen (secondary N) is 1. The lowest BCUT2D eigenvalue weighted by atomic mass is 9.95. The Balaban J connectivity index is 1.80. The Morgan fingerprint density at radius 1 is 1.60 bits per heavy atom. The van der Waals surface area contributed by atoms with Crippen LogP contribution in [-0.4, -0.2) is 17.5 Å². The van der Waals surface area contributed by atoms with E-state index in [0.717, 1.165) is 12.3 Å². The summed E-state index contributed by atoms with van der Waals surface area (Å²) in [6.07, 6.45) is 3.65. The normalized spacial score (nSPS) is 23.1. The van der Waals surface area contributed by atoms with Gasteiger partial charge in [0.1, 0.15) is 0 Å². The molecule has 84 valence electrons. The van der Waals surface area contributed by atoms with Crippen LogP contribution in [0.3, 0.4) is 0 Å². The van der Waals surface area contributed by atoms with Gasteiger partial charge in [0, 0.05) is 10.9 Å². The van der Waals surface area contributed by atoms with Crippen molar-refractivity contribution in [3.8, 4) is 0 Å². The summed E-state index contributed by atoms with van der Waals surface area (Å²) in [6.45, 7) is 0. The molecule has 0 aromatic carbocycles. The average Bonchev–Trinajstić information content (AvgIpc) is 2.90. The van der Waals surface area contributed by atoms with Gasteiger partial charge in [-0.3, -0.25) is 11.3 Å². The van der Waals surface area contributed by atoms with E-state index in [4.69, 9.17) is 5.84 Å². The third-order valence-electron chi connectivity index (χ3n) is 3.03. The molecule has 0 spiro atoms. The second-order valence-electron chi connectivity index (χ2n) is 4.01. The van der Waals surface area contributed by atoms with E-state index in [2.05, 4.69) is 34.7 Å². The molecule has 2 atom stereocenters. The molecule has 0 saturated carbocycles. The average molecular weight is 242 g/mol. The van der Waals surface area contributed by atoms with E-state index < -0.39 is 0 Å². The molecule has 3 N–H and O–H groups in total. The second kappa shape index (κ2) is 5.89. The molecule has 2 rings (SSSR count). The SMILES string of the molecule is NNC(CCc1cccs1)C1CCSC1. The first-order valence-electron chi connectivity index (χ1n) is 5.46. The molecular weight excluding hydrogens is 224 g/mol. The zero-order chi connectivity index (χ0) is 10.5. The summed E-state index contributed by atoms with van der Waals surface area (Å²) in [4.78, 5) is 1.47. The van der Waals surface area contributed by atoms with E-state index in [1.165, 1.54) is 29.2 Å². The molecule has 1 aromatic heterocycles. The van der Waals surface area contributed by atoms with Gasteiger partial charge in [-0.2, -0.15) is 11.8 Å². The molecule has 2 nitrogen and oxygen atoms in total. The molecule has 2 heterocycles. The summed E-state index contributed by atoms with van der Waals surface area (Å²) < 4.78 is 0. The number of thioether (sulfide) groups is 1. The predicted molar refractivity (Wildman–Crippen MR) is 69.2 cm³/mol. The largest absolute Gasteiger partial charge is 0.271 e. The van der Waals surface area contributed by atoms with Gasteiger partial charge in [-0.05, 0) is 48.1 Å². The molecule has 15 heavy (non-hydrogen) atoms. The standard InChI is InChI=1S/C11H18N2S2/c12-13-11(9-5-7-14-8-9)4-3-10-2-1-6-15-10/h1-2,6,9,11,13H,3-5,7-8,12H2. The van der Waals surface area contributed by atoms with Gasteiger partial charge in [0.25, 0.3) is 0 Å². The number of thiophene rings is 1. The van der Waals surface area contributed by atoms with Gasteiger partial charge in [0.2, 0.25) is 0 Å². The highest BCUT2D eigenvalue weighted by Crippen LogP contribution is 2.28. The van der Waals surface area contributed by atoms with Crippen LogP contribution in [0.5, 0.6) is 0 Å². The topological polar surface area (TPSA) is 38.0 Å². The minimum absolute atomic E-state index is 0.502. The Morgan fingerprint density at radius 2 is 2.53 bits per heavy atom. The van der Waals surface area contributed by atoms with Gasteiger partial charge < -0.3 is 0 Å². The molecule has 0 aliphatic carbocycles. The molecule has 2 unspecified atom stereocenters. The van der Waals surface area contributed by atoms with Gasteiger partial charge in [-0.25, -0.2) is 0 Å². The van der Waals surface area contributed by atoms with Crippen molar-refractivity contribution in [3.05, 3.63) is 22.4 Å². The Hall–Kier alpha value is -0.0300. The summed E-state index contributed by atoms with van der Waals surface area (Å²) in [5, 5.41) is 2.14. The lowest BCUT2D eigenvalue weighted by Crippen LogP contribution is -2.41. The maximum Gasteiger partial charge on any atom is 0.0250 e. The zero-order valence-corrected chi connectivity index (χ0v) is 10.4. The number of rotatable bonds is 5. The Bertz CT molecular complexity index is 268. The molecule has 1 aromatic rings. The van der Waals surface area contributed by atoms with Crippen LogP contribution in [0.15, 0.2) is 17.5 Å². The molecule has 0 bridgehead atoms. The Labute approximate surface area is 99.6 Å². The molecule has 1 saturated heterocycles. The molecule has 0 amide bonds. The molecule has 1 aliphatic rings. The summed E-state index contributed by atoms with van der Waals surface area (Å²) in [5.74, 6) is 9.00. The third-order valence-corrected chi connectivity index (χ3v) is 5.15. The van der Waals surface area contributed by atoms with Crippen LogP contribution in [0.2, 0.25) is 0 Å². The van der Waals surface area contributed by atoms with Crippen LogP contribution in [0.1, 0.15) is 17.7 Å². The van der Waals surface area contributed by atoms with Crippen LogP contribution in [0.25, 0.3) is 0 Å². The highest BCUT2D eigenvalue weighted by atomic mass is 32.2. The van der Waals surface area contributed by atoms with Crippen molar-refractivity contribution in [1.82, 2.24) is 5.43 Å². The minimum atomic E-state index is 0.502. The third kappa shape index (κ3) is 3.21. The van der Waals surface area contributed by atoms with Crippen molar-refractivity contribution in [2.75, 3.05) is 11.5 Å². The second-order valence-corrected chi connectivity index (χ2v) is 6.20. The molecule has 1 fully saturated rings. The fraction of sp³-hybridized carbons (Fsp3) is 0.636. The molecule has 0 radical (unpaired) electrons. The summed E-state index contributed by atoms with van der Waals surface area (Å²) in [7, 11) is 0. The van der Waals surface area contributed by atoms with Crippen molar-refractivity contribution < 1.29 is 0 Å². The van der Waals surface area contributed by atoms with Crippen molar-refractivity contribution >= 4 is 23.1 Å². The van der Waals surface area contributed by atoms with Crippen molar-refractivity contribution in [3.63, 3.8) is 0 Å². The highest BCUT2D eigenvalue weighted by Gasteiger charge is 2.24. The minimum Gasteiger partial charge on any atom is -0.271 e. The Morgan fingerprint density at radius 3 is 3.13 bits per heavy atom. The fourth-order valence-electron chi connectivity index (χ4n) is 2.08. The first-order valence-corrected chi connectivity index (χ1v) is 7.50. The summed E-state index contributed by atoms with van der Waals surface area (Å²) in [5.41, 5.74) is 3.00. The van der Waals surface area contributed by atoms with Crippen LogP contribution >= 0.6 is 23.1 Å². The number of aryl methyl sites for hydroxylation is 1. The van der Waals surface area contributed by atoms with Crippen LogP contribution in [-0.2, 0) is 6.42 Å². The van der Waals surface area contributed by atoms with Crippen molar-refractivity contribution in [2.24, 2.45) is 11.8 Å². The zero-order valence-electron chi connectivity index (χ0n) is 8.82. The quantitative estimate of drug-likeness (QED) is 0.614. The van der Waals surface area contributed by atoms with Crippen LogP contribution in [0, 0.1) is 5.92 Å². The first kappa shape index (κ1) is 11.5. The van der Waals surface area contributed by atoms with Crippen LogP contribution in [0.4, 0.5) is 0 Å². The maximum absolute atomic E-state index is 5.64. The maximum atomic E-state index is 5.64. The fourth-order valence-corrected chi connectivity index (χ4v) is 4.14. The van der Waals surface area contributed by atoms with E-state index in [1.54, 1.807) is 0 Å². The lowest BCUT2D eigenvalue weighted by Gasteiger charge is -2.21. The van der Waals surface area contributed by atoms with Crippen molar-refractivity contribution in [1.29, 1.82) is 0 Å². The number of hydrazine groups is 1. The van der Waals surface area contributed by atoms with Gasteiger partial charge >= 0.3 is 0 Å². The van der Waals surface area contributed by atoms with E-state index in [-0.39, 0.29) is 0 Å². The van der Waals surface area contributed by atoms with E-state index in [0.29, 0.717) is 6.04 Å². The number of hydrogen-bond donors (Lipinski definition) is 2. The van der Waals surface area contributed by atoms with E-state index in [9.17, 15) is 0 Å². The molecule has 4 heteroatoms. The van der Waals surface area contributed by atoms with Gasteiger partial charge in [-0.1, -0.05) is 6.07 Å². The summed E-state index contributed by atoms with van der Waals surface area (Å²) in [6, 6.07) is 4.83. The van der Waals surface area contributed by atoms with E-state index in [1.807, 2.05) is 11.3 Å². The molecular formula is C11H18N2S2. The Kier molecular flexibility index (Phi) is 4.50. The van der Waals surface area contributed by atoms with Gasteiger partial charge in [0.15, 0.2) is 0 Å². The van der Waals surface area contributed by atoms with E-state index >= 15 is 0 Å².